The number of thiazole rings is 1. The number of aromatic hydroxyl groups is 1. The van der Waals surface area contributed by atoms with E-state index in [0.29, 0.717) is 44.3 Å². The van der Waals surface area contributed by atoms with Gasteiger partial charge in [0.15, 0.2) is 22.1 Å². The summed E-state index contributed by atoms with van der Waals surface area (Å²) in [6.07, 6.45) is 1.75. The van der Waals surface area contributed by atoms with E-state index in [-0.39, 0.29) is 17.1 Å². The molecule has 0 saturated carbocycles. The van der Waals surface area contributed by atoms with Crippen molar-refractivity contribution in [2.45, 2.75) is 26.8 Å². The number of benzene rings is 3. The predicted molar refractivity (Wildman–Crippen MR) is 144 cm³/mol. The molecule has 1 aromatic heterocycles. The maximum Gasteiger partial charge on any atom is 0.271 e. The minimum absolute atomic E-state index is 0.0326. The fourth-order valence-corrected chi connectivity index (χ4v) is 5.87. The minimum atomic E-state index is -0.698. The summed E-state index contributed by atoms with van der Waals surface area (Å²) in [7, 11) is 1.59. The van der Waals surface area contributed by atoms with Gasteiger partial charge in [-0.3, -0.25) is 14.2 Å². The summed E-state index contributed by atoms with van der Waals surface area (Å²) in [5.74, 6) is 0.810. The third kappa shape index (κ3) is 4.23. The Morgan fingerprint density at radius 3 is 2.68 bits per heavy atom. The van der Waals surface area contributed by atoms with Gasteiger partial charge in [0.05, 0.1) is 24.3 Å². The smallest absolute Gasteiger partial charge is 0.271 e. The zero-order chi connectivity index (χ0) is 26.3. The number of carbonyl (C=O) groups is 1. The fraction of sp³-hybridized carbons (Fsp3) is 0.207. The van der Waals surface area contributed by atoms with Crippen LogP contribution in [0, 0.1) is 0 Å². The molecule has 0 spiro atoms. The number of methoxy groups -OCH3 is 1. The van der Waals surface area contributed by atoms with Gasteiger partial charge in [0, 0.05) is 16.8 Å². The monoisotopic (exact) mass is 514 g/mol. The van der Waals surface area contributed by atoms with Gasteiger partial charge in [-0.05, 0) is 61.4 Å². The maximum absolute atomic E-state index is 13.9. The molecule has 0 bridgehead atoms. The van der Waals surface area contributed by atoms with Crippen molar-refractivity contribution in [1.29, 1.82) is 0 Å². The van der Waals surface area contributed by atoms with Crippen LogP contribution in [-0.2, 0) is 4.79 Å². The van der Waals surface area contributed by atoms with Crippen LogP contribution in [0.5, 0.6) is 17.2 Å². The van der Waals surface area contributed by atoms with Gasteiger partial charge in [-0.15, -0.1) is 0 Å². The highest BCUT2D eigenvalue weighted by Crippen LogP contribution is 2.40. The number of hydrogen-bond donors (Lipinski definition) is 1. The van der Waals surface area contributed by atoms with Crippen LogP contribution in [0.25, 0.3) is 16.8 Å². The standard InChI is InChI=1S/C29H26N2O5S/c1-5-36-23-14-18(10-12-21(23)33)15-24-28(34)31-27(25(17(3)32)16(2)30-29(31)37-24)26-20-9-7-6-8-19(20)11-13-22(26)35-4/h6-15,27,33H,5H2,1-4H3/b24-15+/t27-/m0/s1. The molecule has 1 atom stereocenters. The molecule has 0 saturated heterocycles. The summed E-state index contributed by atoms with van der Waals surface area (Å²) in [5.41, 5.74) is 2.21. The molecule has 0 unspecified atom stereocenters. The van der Waals surface area contributed by atoms with E-state index >= 15 is 0 Å². The molecule has 7 nitrogen and oxygen atoms in total. The fourth-order valence-electron chi connectivity index (χ4n) is 4.82. The molecule has 0 radical (unpaired) electrons. The molecule has 1 N–H and O–H groups in total. The highest BCUT2D eigenvalue weighted by molar-refractivity contribution is 7.07. The number of carbonyl (C=O) groups excluding carboxylic acids is 1. The maximum atomic E-state index is 13.9. The largest absolute Gasteiger partial charge is 0.504 e. The molecule has 8 heteroatoms. The third-order valence-electron chi connectivity index (χ3n) is 6.41. The molecule has 4 aromatic rings. The summed E-state index contributed by atoms with van der Waals surface area (Å²) in [5, 5.41) is 11.9. The first-order valence-electron chi connectivity index (χ1n) is 11.9. The van der Waals surface area contributed by atoms with Crippen molar-refractivity contribution in [3.05, 3.63) is 96.7 Å². The predicted octanol–water partition coefficient (Wildman–Crippen LogP) is 4.09. The Labute approximate surface area is 217 Å². The van der Waals surface area contributed by atoms with Gasteiger partial charge in [0.25, 0.3) is 5.56 Å². The molecule has 1 aliphatic heterocycles. The van der Waals surface area contributed by atoms with E-state index in [1.807, 2.05) is 43.3 Å². The second kappa shape index (κ2) is 9.71. The second-order valence-electron chi connectivity index (χ2n) is 8.70. The Hall–Kier alpha value is -4.17. The lowest BCUT2D eigenvalue weighted by Gasteiger charge is -2.27. The van der Waals surface area contributed by atoms with Crippen LogP contribution < -0.4 is 24.4 Å². The summed E-state index contributed by atoms with van der Waals surface area (Å²) >= 11 is 1.25. The number of phenols is 1. The van der Waals surface area contributed by atoms with Crippen molar-refractivity contribution >= 4 is 34.0 Å². The normalized spacial score (nSPS) is 15.5. The number of fused-ring (bicyclic) bond motifs is 2. The minimum Gasteiger partial charge on any atom is -0.504 e. The van der Waals surface area contributed by atoms with Crippen LogP contribution >= 0.6 is 11.3 Å². The molecular weight excluding hydrogens is 488 g/mol. The van der Waals surface area contributed by atoms with Gasteiger partial charge in [-0.1, -0.05) is 47.7 Å². The molecule has 37 heavy (non-hydrogen) atoms. The van der Waals surface area contributed by atoms with Gasteiger partial charge in [0.2, 0.25) is 0 Å². The van der Waals surface area contributed by atoms with Crippen LogP contribution in [0.2, 0.25) is 0 Å². The number of allylic oxidation sites excluding steroid dienone is 2. The van der Waals surface area contributed by atoms with Gasteiger partial charge in [-0.25, -0.2) is 4.99 Å². The second-order valence-corrected chi connectivity index (χ2v) is 9.71. The van der Waals surface area contributed by atoms with Crippen LogP contribution in [0.1, 0.15) is 37.9 Å². The molecule has 5 rings (SSSR count). The quantitative estimate of drug-likeness (QED) is 0.419. The van der Waals surface area contributed by atoms with Crippen LogP contribution in [0.15, 0.2) is 75.7 Å². The van der Waals surface area contributed by atoms with Crippen molar-refractivity contribution in [1.82, 2.24) is 4.57 Å². The number of ether oxygens (including phenoxy) is 2. The molecule has 188 valence electrons. The van der Waals surface area contributed by atoms with E-state index in [1.165, 1.54) is 24.3 Å². The third-order valence-corrected chi connectivity index (χ3v) is 7.39. The van der Waals surface area contributed by atoms with E-state index in [9.17, 15) is 14.7 Å². The summed E-state index contributed by atoms with van der Waals surface area (Å²) in [6, 6.07) is 15.9. The van der Waals surface area contributed by atoms with E-state index < -0.39 is 6.04 Å². The Bertz CT molecular complexity index is 1760. The number of nitrogens with zero attached hydrogens (tertiary/aromatic N) is 2. The lowest BCUT2D eigenvalue weighted by molar-refractivity contribution is -0.114. The lowest BCUT2D eigenvalue weighted by atomic mass is 9.89. The van der Waals surface area contributed by atoms with Gasteiger partial charge < -0.3 is 14.6 Å². The summed E-state index contributed by atoms with van der Waals surface area (Å²) in [4.78, 5) is 32.0. The van der Waals surface area contributed by atoms with Crippen molar-refractivity contribution in [2.24, 2.45) is 4.99 Å². The molecule has 3 aromatic carbocycles. The van der Waals surface area contributed by atoms with Crippen molar-refractivity contribution < 1.29 is 19.4 Å². The van der Waals surface area contributed by atoms with Crippen LogP contribution in [-0.4, -0.2) is 29.2 Å². The zero-order valence-corrected chi connectivity index (χ0v) is 21.8. The van der Waals surface area contributed by atoms with Crippen LogP contribution in [0.4, 0.5) is 0 Å². The Balaban J connectivity index is 1.81. The number of aromatic nitrogens is 1. The summed E-state index contributed by atoms with van der Waals surface area (Å²) in [6.45, 7) is 5.53. The SMILES string of the molecule is CCOc1cc(/C=c2/sc3n(c2=O)[C@H](c2c(OC)ccc4ccccc24)C(C(C)=O)=C(C)N=3)ccc1O. The topological polar surface area (TPSA) is 90.1 Å². The number of hydrogen-bond acceptors (Lipinski definition) is 7. The van der Waals surface area contributed by atoms with Gasteiger partial charge in [-0.2, -0.15) is 0 Å². The van der Waals surface area contributed by atoms with Crippen molar-refractivity contribution in [3.8, 4) is 17.2 Å². The molecule has 0 aliphatic carbocycles. The van der Waals surface area contributed by atoms with Crippen molar-refractivity contribution in [2.75, 3.05) is 13.7 Å². The molecule has 2 heterocycles. The molecular formula is C29H26N2O5S. The first-order chi connectivity index (χ1) is 17.8. The lowest BCUT2D eigenvalue weighted by Crippen LogP contribution is -2.39. The van der Waals surface area contributed by atoms with Crippen molar-refractivity contribution in [3.63, 3.8) is 0 Å². The number of rotatable bonds is 6. The van der Waals surface area contributed by atoms with E-state index in [1.54, 1.807) is 36.8 Å². The Morgan fingerprint density at radius 1 is 1.16 bits per heavy atom. The first kappa shape index (κ1) is 24.5. The Morgan fingerprint density at radius 2 is 1.95 bits per heavy atom. The highest BCUT2D eigenvalue weighted by atomic mass is 32.1. The van der Waals surface area contributed by atoms with Gasteiger partial charge >= 0.3 is 0 Å². The average molecular weight is 515 g/mol. The summed E-state index contributed by atoms with van der Waals surface area (Å²) < 4.78 is 13.3. The Kier molecular flexibility index (Phi) is 6.43. The number of phenolic OH excluding ortho intramolecular Hbond substituents is 1. The highest BCUT2D eigenvalue weighted by Gasteiger charge is 2.33. The first-order valence-corrected chi connectivity index (χ1v) is 12.7. The van der Waals surface area contributed by atoms with E-state index in [2.05, 4.69) is 4.99 Å². The number of Topliss-reactive ketones (excluding diaryl/α,β-unsaturated/α-hetero) is 1. The molecule has 0 fully saturated rings. The van der Waals surface area contributed by atoms with E-state index in [4.69, 9.17) is 9.47 Å². The van der Waals surface area contributed by atoms with E-state index in [0.717, 1.165) is 16.3 Å². The van der Waals surface area contributed by atoms with Crippen LogP contribution in [0.3, 0.4) is 0 Å². The molecule has 0 amide bonds. The molecule has 1 aliphatic rings. The zero-order valence-electron chi connectivity index (χ0n) is 20.9. The number of ketones is 1. The van der Waals surface area contributed by atoms with Gasteiger partial charge in [0.1, 0.15) is 5.75 Å². The average Bonchev–Trinajstić information content (AvgIpc) is 3.18.